The van der Waals surface area contributed by atoms with Crippen LogP contribution in [-0.4, -0.2) is 19.1 Å². The second-order valence-corrected chi connectivity index (χ2v) is 5.74. The third kappa shape index (κ3) is 2.31. The zero-order valence-electron chi connectivity index (χ0n) is 14.0. The van der Waals surface area contributed by atoms with Crippen LogP contribution in [0.1, 0.15) is 25.5 Å². The van der Waals surface area contributed by atoms with Gasteiger partial charge in [0.15, 0.2) is 0 Å². The summed E-state index contributed by atoms with van der Waals surface area (Å²) in [4.78, 5) is 9.49. The smallest absolute Gasteiger partial charge is 0.133 e. The molecule has 4 heteroatoms. The summed E-state index contributed by atoms with van der Waals surface area (Å²) < 4.78 is 4.45. The molecule has 0 aliphatic rings. The van der Waals surface area contributed by atoms with Crippen molar-refractivity contribution in [2.45, 2.75) is 26.9 Å². The highest BCUT2D eigenvalue weighted by atomic mass is 15.1. The molecule has 0 saturated heterocycles. The van der Waals surface area contributed by atoms with Gasteiger partial charge in [0.2, 0.25) is 0 Å². The van der Waals surface area contributed by atoms with Gasteiger partial charge in [0, 0.05) is 13.1 Å². The molecule has 120 valence electrons. The van der Waals surface area contributed by atoms with E-state index in [9.17, 15) is 0 Å². The van der Waals surface area contributed by atoms with Crippen molar-refractivity contribution in [1.29, 1.82) is 0 Å². The lowest BCUT2D eigenvalue weighted by atomic mass is 10.3. The van der Waals surface area contributed by atoms with E-state index in [0.29, 0.717) is 0 Å². The van der Waals surface area contributed by atoms with Gasteiger partial charge in [-0.25, -0.2) is 9.97 Å². The van der Waals surface area contributed by atoms with Gasteiger partial charge < -0.3 is 9.13 Å². The van der Waals surface area contributed by atoms with Gasteiger partial charge in [-0.3, -0.25) is 0 Å². The number of fused-ring (bicyclic) bond motifs is 2. The zero-order valence-corrected chi connectivity index (χ0v) is 14.0. The number of rotatable bonds is 4. The molecule has 2 heterocycles. The Labute approximate surface area is 141 Å². The van der Waals surface area contributed by atoms with Crippen molar-refractivity contribution in [3.05, 3.63) is 60.2 Å². The molecule has 4 aromatic rings. The average molecular weight is 316 g/mol. The van der Waals surface area contributed by atoms with Gasteiger partial charge >= 0.3 is 0 Å². The van der Waals surface area contributed by atoms with Crippen molar-refractivity contribution in [1.82, 2.24) is 19.1 Å². The highest BCUT2D eigenvalue weighted by molar-refractivity contribution is 5.82. The number of nitrogens with zero attached hydrogens (tertiary/aromatic N) is 4. The first-order chi connectivity index (χ1) is 11.8. The van der Waals surface area contributed by atoms with Crippen LogP contribution in [0.15, 0.2) is 48.5 Å². The monoisotopic (exact) mass is 316 g/mol. The van der Waals surface area contributed by atoms with Crippen molar-refractivity contribution in [2.24, 2.45) is 0 Å². The summed E-state index contributed by atoms with van der Waals surface area (Å²) in [7, 11) is 0. The first-order valence-electron chi connectivity index (χ1n) is 8.40. The number of hydrogen-bond acceptors (Lipinski definition) is 2. The standard InChI is InChI=1S/C20H20N4/c1-3-23-17-11-7-5-9-15(17)21-19(23)13-14-20-22-16-10-6-8-12-18(16)24(20)4-2/h5-14H,3-4H2,1-2H3/b14-13+. The van der Waals surface area contributed by atoms with Crippen LogP contribution in [0.25, 0.3) is 34.2 Å². The lowest BCUT2D eigenvalue weighted by Gasteiger charge is -2.03. The Balaban J connectivity index is 1.81. The maximum atomic E-state index is 4.75. The summed E-state index contributed by atoms with van der Waals surface area (Å²) >= 11 is 0. The maximum absolute atomic E-state index is 4.75. The molecule has 2 aromatic heterocycles. The molecule has 4 rings (SSSR count). The van der Waals surface area contributed by atoms with Crippen molar-refractivity contribution in [3.8, 4) is 0 Å². The van der Waals surface area contributed by atoms with Gasteiger partial charge in [-0.05, 0) is 50.3 Å². The quantitative estimate of drug-likeness (QED) is 0.552. The molecule has 4 nitrogen and oxygen atoms in total. The van der Waals surface area contributed by atoms with E-state index in [2.05, 4.69) is 71.5 Å². The third-order valence-electron chi connectivity index (χ3n) is 4.38. The fourth-order valence-corrected chi connectivity index (χ4v) is 3.26. The van der Waals surface area contributed by atoms with Crippen LogP contribution in [0, 0.1) is 0 Å². The van der Waals surface area contributed by atoms with E-state index >= 15 is 0 Å². The number of benzene rings is 2. The molecular weight excluding hydrogens is 296 g/mol. The Morgan fingerprint density at radius 3 is 1.54 bits per heavy atom. The molecule has 0 N–H and O–H groups in total. The molecule has 0 bridgehead atoms. The molecule has 0 aliphatic heterocycles. The van der Waals surface area contributed by atoms with Crippen molar-refractivity contribution in [2.75, 3.05) is 0 Å². The molecule has 24 heavy (non-hydrogen) atoms. The van der Waals surface area contributed by atoms with E-state index in [0.717, 1.165) is 35.8 Å². The zero-order chi connectivity index (χ0) is 16.5. The van der Waals surface area contributed by atoms with Crippen LogP contribution in [0.5, 0.6) is 0 Å². The normalized spacial score (nSPS) is 11.9. The SMILES string of the molecule is CCn1c(/C=C/c2nc3ccccc3n2CC)nc2ccccc21. The van der Waals surface area contributed by atoms with Crippen LogP contribution >= 0.6 is 0 Å². The molecule has 0 radical (unpaired) electrons. The molecule has 0 spiro atoms. The minimum atomic E-state index is 0.893. The Kier molecular flexibility index (Phi) is 3.65. The molecule has 0 fully saturated rings. The number of hydrogen-bond donors (Lipinski definition) is 0. The average Bonchev–Trinajstić information content (AvgIpc) is 3.16. The van der Waals surface area contributed by atoms with Gasteiger partial charge in [-0.15, -0.1) is 0 Å². The van der Waals surface area contributed by atoms with Crippen LogP contribution < -0.4 is 0 Å². The number of aryl methyl sites for hydroxylation is 2. The fourth-order valence-electron chi connectivity index (χ4n) is 3.26. The summed E-state index contributed by atoms with van der Waals surface area (Å²) in [6.07, 6.45) is 4.13. The maximum Gasteiger partial charge on any atom is 0.133 e. The molecule has 0 atom stereocenters. The Morgan fingerprint density at radius 1 is 0.708 bits per heavy atom. The topological polar surface area (TPSA) is 35.6 Å². The predicted octanol–water partition coefficient (Wildman–Crippen LogP) is 4.60. The summed E-state index contributed by atoms with van der Waals surface area (Å²) in [5, 5.41) is 0. The lowest BCUT2D eigenvalue weighted by Crippen LogP contribution is -1.98. The Hall–Kier alpha value is -2.88. The Morgan fingerprint density at radius 2 is 1.12 bits per heavy atom. The van der Waals surface area contributed by atoms with E-state index < -0.39 is 0 Å². The Bertz CT molecular complexity index is 952. The molecular formula is C20H20N4. The molecule has 0 aliphatic carbocycles. The largest absolute Gasteiger partial charge is 0.325 e. The van der Waals surface area contributed by atoms with E-state index in [-0.39, 0.29) is 0 Å². The molecule has 0 unspecified atom stereocenters. The third-order valence-corrected chi connectivity index (χ3v) is 4.38. The van der Waals surface area contributed by atoms with E-state index in [1.807, 2.05) is 12.1 Å². The first-order valence-corrected chi connectivity index (χ1v) is 8.40. The minimum Gasteiger partial charge on any atom is -0.325 e. The number of para-hydroxylation sites is 4. The molecule has 2 aromatic carbocycles. The van der Waals surface area contributed by atoms with E-state index in [1.165, 1.54) is 11.0 Å². The second kappa shape index (κ2) is 5.96. The van der Waals surface area contributed by atoms with Gasteiger partial charge in [0.1, 0.15) is 11.6 Å². The molecule has 0 amide bonds. The highest BCUT2D eigenvalue weighted by Gasteiger charge is 2.08. The molecule has 0 saturated carbocycles. The van der Waals surface area contributed by atoms with Crippen LogP contribution in [-0.2, 0) is 13.1 Å². The van der Waals surface area contributed by atoms with Gasteiger partial charge in [0.05, 0.1) is 22.1 Å². The van der Waals surface area contributed by atoms with Crippen molar-refractivity contribution in [3.63, 3.8) is 0 Å². The summed E-state index contributed by atoms with van der Waals surface area (Å²) in [6.45, 7) is 6.08. The van der Waals surface area contributed by atoms with Crippen LogP contribution in [0.4, 0.5) is 0 Å². The van der Waals surface area contributed by atoms with Gasteiger partial charge in [-0.1, -0.05) is 24.3 Å². The van der Waals surface area contributed by atoms with E-state index in [1.54, 1.807) is 0 Å². The highest BCUT2D eigenvalue weighted by Crippen LogP contribution is 2.20. The second-order valence-electron chi connectivity index (χ2n) is 5.74. The minimum absolute atomic E-state index is 0.893. The number of aromatic nitrogens is 4. The van der Waals surface area contributed by atoms with Gasteiger partial charge in [0.25, 0.3) is 0 Å². The van der Waals surface area contributed by atoms with Crippen LogP contribution in [0.3, 0.4) is 0 Å². The van der Waals surface area contributed by atoms with E-state index in [4.69, 9.17) is 9.97 Å². The number of imidazole rings is 2. The summed E-state index contributed by atoms with van der Waals surface area (Å²) in [5.41, 5.74) is 4.40. The van der Waals surface area contributed by atoms with Gasteiger partial charge in [-0.2, -0.15) is 0 Å². The predicted molar refractivity (Wildman–Crippen MR) is 99.7 cm³/mol. The summed E-state index contributed by atoms with van der Waals surface area (Å²) in [6, 6.07) is 16.5. The lowest BCUT2D eigenvalue weighted by molar-refractivity contribution is 0.773. The summed E-state index contributed by atoms with van der Waals surface area (Å²) in [5.74, 6) is 1.93. The van der Waals surface area contributed by atoms with Crippen LogP contribution in [0.2, 0.25) is 0 Å². The first kappa shape index (κ1) is 14.7. The van der Waals surface area contributed by atoms with Crippen molar-refractivity contribution < 1.29 is 0 Å². The van der Waals surface area contributed by atoms with Crippen molar-refractivity contribution >= 4 is 34.2 Å². The fraction of sp³-hybridized carbons (Fsp3) is 0.200.